The fraction of sp³-hybridized carbons (Fsp3) is 0.143. The van der Waals surface area contributed by atoms with E-state index < -0.39 is 6.09 Å². The first-order chi connectivity index (χ1) is 5.66. The van der Waals surface area contributed by atoms with Crippen molar-refractivity contribution >= 4 is 17.7 Å². The average Bonchev–Trinajstić information content (AvgIpc) is 2.05. The number of alkyl halides is 1. The van der Waals surface area contributed by atoms with Gasteiger partial charge in [-0.05, 0) is 17.7 Å². The van der Waals surface area contributed by atoms with Gasteiger partial charge in [-0.2, -0.15) is 0 Å². The van der Waals surface area contributed by atoms with E-state index in [-0.39, 0.29) is 0 Å². The molecule has 5 heteroatoms. The molecule has 0 radical (unpaired) electrons. The summed E-state index contributed by atoms with van der Waals surface area (Å²) in [4.78, 5) is 12.6. The molecule has 1 amide bonds. The maximum atomic E-state index is 8.78. The predicted molar refractivity (Wildman–Crippen MR) is 46.0 cm³/mol. The van der Waals surface area contributed by atoms with Crippen molar-refractivity contribution in [3.63, 3.8) is 0 Å². The largest absolute Gasteiger partial charge is 0.465 e. The van der Waals surface area contributed by atoms with Crippen LogP contribution in [0.15, 0.2) is 24.5 Å². The van der Waals surface area contributed by atoms with Crippen LogP contribution in [0.2, 0.25) is 0 Å². The van der Waals surface area contributed by atoms with Gasteiger partial charge in [0.2, 0.25) is 0 Å². The van der Waals surface area contributed by atoms with E-state index in [4.69, 9.17) is 21.5 Å². The van der Waals surface area contributed by atoms with E-state index in [0.717, 1.165) is 5.56 Å². The molecule has 0 aliphatic rings. The molecule has 3 N–H and O–H groups in total. The van der Waals surface area contributed by atoms with Crippen LogP contribution in [0.1, 0.15) is 5.56 Å². The van der Waals surface area contributed by atoms with Gasteiger partial charge in [0, 0.05) is 18.3 Å². The Kier molecular flexibility index (Phi) is 5.73. The van der Waals surface area contributed by atoms with Crippen molar-refractivity contribution in [1.82, 2.24) is 4.98 Å². The molecule has 0 aliphatic carbocycles. The van der Waals surface area contributed by atoms with Crippen LogP contribution >= 0.6 is 11.6 Å². The van der Waals surface area contributed by atoms with E-state index in [0.29, 0.717) is 5.88 Å². The lowest BCUT2D eigenvalue weighted by molar-refractivity contribution is 0.205. The predicted octanol–water partition coefficient (Wildman–Crippen LogP) is 1.44. The van der Waals surface area contributed by atoms with Crippen LogP contribution in [0.25, 0.3) is 0 Å². The molecule has 12 heavy (non-hydrogen) atoms. The molecule has 0 aromatic carbocycles. The molecule has 0 atom stereocenters. The zero-order chi connectivity index (χ0) is 9.40. The van der Waals surface area contributed by atoms with Gasteiger partial charge in [-0.3, -0.25) is 4.98 Å². The second-order valence-corrected chi connectivity index (χ2v) is 2.09. The van der Waals surface area contributed by atoms with Gasteiger partial charge in [-0.15, -0.1) is 11.6 Å². The SMILES string of the molecule is ClCc1ccncc1.NC(=O)O. The molecule has 4 nitrogen and oxygen atoms in total. The van der Waals surface area contributed by atoms with Gasteiger partial charge in [-0.25, -0.2) is 4.79 Å². The quantitative estimate of drug-likeness (QED) is 0.655. The van der Waals surface area contributed by atoms with Gasteiger partial charge in [0.15, 0.2) is 0 Å². The van der Waals surface area contributed by atoms with Crippen molar-refractivity contribution < 1.29 is 9.90 Å². The van der Waals surface area contributed by atoms with Crippen LogP contribution < -0.4 is 5.73 Å². The summed E-state index contributed by atoms with van der Waals surface area (Å²) >= 11 is 5.50. The molecule has 0 unspecified atom stereocenters. The first kappa shape index (κ1) is 10.7. The molecule has 1 aromatic heterocycles. The Morgan fingerprint density at radius 1 is 1.58 bits per heavy atom. The Hall–Kier alpha value is -1.29. The normalized spacial score (nSPS) is 8.08. The fourth-order valence-electron chi connectivity index (χ4n) is 0.472. The number of primary amides is 1. The lowest BCUT2D eigenvalue weighted by Gasteiger charge is -1.87. The van der Waals surface area contributed by atoms with Crippen LogP contribution in [0, 0.1) is 0 Å². The number of nitrogens with zero attached hydrogens (tertiary/aromatic N) is 1. The molecule has 66 valence electrons. The summed E-state index contributed by atoms with van der Waals surface area (Å²) in [6.45, 7) is 0. The van der Waals surface area contributed by atoms with E-state index in [1.54, 1.807) is 12.4 Å². The van der Waals surface area contributed by atoms with Crippen LogP contribution in [0.4, 0.5) is 4.79 Å². The Bertz CT molecular complexity index is 224. The fourth-order valence-corrected chi connectivity index (χ4v) is 0.650. The minimum atomic E-state index is -1.33. The molecule has 0 fully saturated rings. The van der Waals surface area contributed by atoms with Crippen molar-refractivity contribution in [3.05, 3.63) is 30.1 Å². The molecule has 0 saturated heterocycles. The highest BCUT2D eigenvalue weighted by molar-refractivity contribution is 6.17. The summed E-state index contributed by atoms with van der Waals surface area (Å²) in [5, 5.41) is 7.19. The molecule has 0 saturated carbocycles. The lowest BCUT2D eigenvalue weighted by Crippen LogP contribution is -2.03. The highest BCUT2D eigenvalue weighted by Crippen LogP contribution is 1.98. The number of aromatic nitrogens is 1. The van der Waals surface area contributed by atoms with Crippen LogP contribution in [0.5, 0.6) is 0 Å². The molecule has 1 heterocycles. The van der Waals surface area contributed by atoms with Crippen LogP contribution in [-0.2, 0) is 5.88 Å². The summed E-state index contributed by atoms with van der Waals surface area (Å²) < 4.78 is 0. The summed E-state index contributed by atoms with van der Waals surface area (Å²) in [5.74, 6) is 0.572. The third-order valence-corrected chi connectivity index (χ3v) is 1.21. The van der Waals surface area contributed by atoms with Gasteiger partial charge in [0.1, 0.15) is 0 Å². The van der Waals surface area contributed by atoms with Crippen molar-refractivity contribution in [2.75, 3.05) is 0 Å². The van der Waals surface area contributed by atoms with E-state index in [2.05, 4.69) is 10.7 Å². The number of rotatable bonds is 1. The second-order valence-electron chi connectivity index (χ2n) is 1.83. The smallest absolute Gasteiger partial charge is 0.402 e. The number of nitrogens with two attached hydrogens (primary N) is 1. The first-order valence-corrected chi connectivity index (χ1v) is 3.63. The highest BCUT2D eigenvalue weighted by Gasteiger charge is 1.82. The molecule has 0 spiro atoms. The van der Waals surface area contributed by atoms with Gasteiger partial charge in [0.05, 0.1) is 0 Å². The topological polar surface area (TPSA) is 76.2 Å². The van der Waals surface area contributed by atoms with Crippen molar-refractivity contribution in [2.45, 2.75) is 5.88 Å². The van der Waals surface area contributed by atoms with Gasteiger partial charge < -0.3 is 10.8 Å². The van der Waals surface area contributed by atoms with Crippen molar-refractivity contribution in [1.29, 1.82) is 0 Å². The maximum absolute atomic E-state index is 8.78. The number of carboxylic acid groups (broad SMARTS) is 1. The van der Waals surface area contributed by atoms with Crippen molar-refractivity contribution in [3.8, 4) is 0 Å². The monoisotopic (exact) mass is 188 g/mol. The number of hydrogen-bond donors (Lipinski definition) is 2. The highest BCUT2D eigenvalue weighted by atomic mass is 35.5. The van der Waals surface area contributed by atoms with E-state index >= 15 is 0 Å². The van der Waals surface area contributed by atoms with Gasteiger partial charge in [0.25, 0.3) is 0 Å². The van der Waals surface area contributed by atoms with E-state index in [9.17, 15) is 0 Å². The Labute approximate surface area is 75.0 Å². The van der Waals surface area contributed by atoms with Crippen LogP contribution in [0.3, 0.4) is 0 Å². The summed E-state index contributed by atoms with van der Waals surface area (Å²) in [6.07, 6.45) is 2.13. The average molecular weight is 189 g/mol. The summed E-state index contributed by atoms with van der Waals surface area (Å²) in [6, 6.07) is 3.79. The standard InChI is InChI=1S/C6H6ClN.CH3NO2/c7-5-6-1-3-8-4-2-6;2-1(3)4/h1-4H,5H2;2H2,(H,3,4). The number of carbonyl (C=O) groups is 1. The number of hydrogen-bond acceptors (Lipinski definition) is 2. The number of halogens is 1. The lowest BCUT2D eigenvalue weighted by atomic mass is 10.3. The molecule has 0 bridgehead atoms. The van der Waals surface area contributed by atoms with Gasteiger partial charge >= 0.3 is 6.09 Å². The maximum Gasteiger partial charge on any atom is 0.402 e. The summed E-state index contributed by atoms with van der Waals surface area (Å²) in [5.41, 5.74) is 5.14. The molecular formula is C7H9ClN2O2. The first-order valence-electron chi connectivity index (χ1n) is 3.10. The third kappa shape index (κ3) is 6.82. The molecular weight excluding hydrogens is 180 g/mol. The Morgan fingerprint density at radius 3 is 2.25 bits per heavy atom. The van der Waals surface area contributed by atoms with Gasteiger partial charge in [-0.1, -0.05) is 0 Å². The Morgan fingerprint density at radius 2 is 2.00 bits per heavy atom. The number of amides is 1. The second kappa shape index (κ2) is 6.42. The van der Waals surface area contributed by atoms with E-state index in [1.165, 1.54) is 0 Å². The van der Waals surface area contributed by atoms with E-state index in [1.807, 2.05) is 12.1 Å². The van der Waals surface area contributed by atoms with Crippen LogP contribution in [-0.4, -0.2) is 16.2 Å². The Balaban J connectivity index is 0.000000261. The molecule has 1 rings (SSSR count). The zero-order valence-electron chi connectivity index (χ0n) is 6.27. The molecule has 0 aliphatic heterocycles. The third-order valence-electron chi connectivity index (χ3n) is 0.904. The number of pyridine rings is 1. The minimum Gasteiger partial charge on any atom is -0.465 e. The molecule has 1 aromatic rings. The van der Waals surface area contributed by atoms with Crippen molar-refractivity contribution in [2.24, 2.45) is 5.73 Å². The summed E-state index contributed by atoms with van der Waals surface area (Å²) in [7, 11) is 0. The zero-order valence-corrected chi connectivity index (χ0v) is 7.03. The minimum absolute atomic E-state index is 0.572.